The standard InChI is InChI=1S/C15H23BrN2O4/c1-9(17-14(19)22-15(2,3)4)7-11-12(20-5)8-10(16)13(18-11)21-6/h8-9H,7H2,1-6H3,(H,17,19). The lowest BCUT2D eigenvalue weighted by atomic mass is 10.1. The van der Waals surface area contributed by atoms with Crippen molar-refractivity contribution in [3.8, 4) is 11.6 Å². The molecule has 0 bridgehead atoms. The molecule has 0 aliphatic carbocycles. The minimum Gasteiger partial charge on any atom is -0.495 e. The van der Waals surface area contributed by atoms with Crippen molar-refractivity contribution in [3.05, 3.63) is 16.2 Å². The predicted molar refractivity (Wildman–Crippen MR) is 87.6 cm³/mol. The molecule has 22 heavy (non-hydrogen) atoms. The lowest BCUT2D eigenvalue weighted by Crippen LogP contribution is -2.38. The maximum Gasteiger partial charge on any atom is 0.407 e. The smallest absolute Gasteiger partial charge is 0.407 e. The Balaban J connectivity index is 2.79. The van der Waals surface area contributed by atoms with Crippen LogP contribution in [-0.4, -0.2) is 36.9 Å². The first kappa shape index (κ1) is 18.5. The van der Waals surface area contributed by atoms with Gasteiger partial charge in [-0.3, -0.25) is 0 Å². The third-order valence-corrected chi connectivity index (χ3v) is 3.23. The molecule has 1 atom stereocenters. The first-order valence-electron chi connectivity index (χ1n) is 6.93. The van der Waals surface area contributed by atoms with Gasteiger partial charge in [-0.2, -0.15) is 0 Å². The molecule has 1 amide bonds. The first-order chi connectivity index (χ1) is 10.2. The van der Waals surface area contributed by atoms with Crippen molar-refractivity contribution in [3.63, 3.8) is 0 Å². The SMILES string of the molecule is COc1cc(Br)c(OC)nc1CC(C)NC(=O)OC(C)(C)C. The number of hydrogen-bond donors (Lipinski definition) is 1. The van der Waals surface area contributed by atoms with Crippen molar-refractivity contribution in [1.82, 2.24) is 10.3 Å². The number of nitrogens with zero attached hydrogens (tertiary/aromatic N) is 1. The van der Waals surface area contributed by atoms with Gasteiger partial charge in [-0.15, -0.1) is 0 Å². The molecule has 0 aliphatic heterocycles. The number of alkyl carbamates (subject to hydrolysis) is 1. The number of nitrogens with one attached hydrogen (secondary N) is 1. The molecule has 0 saturated carbocycles. The van der Waals surface area contributed by atoms with Gasteiger partial charge < -0.3 is 19.5 Å². The van der Waals surface area contributed by atoms with Crippen molar-refractivity contribution < 1.29 is 19.0 Å². The van der Waals surface area contributed by atoms with Gasteiger partial charge in [0.15, 0.2) is 0 Å². The summed E-state index contributed by atoms with van der Waals surface area (Å²) in [5.74, 6) is 1.10. The van der Waals surface area contributed by atoms with Gasteiger partial charge in [0, 0.05) is 18.5 Å². The highest BCUT2D eigenvalue weighted by Crippen LogP contribution is 2.30. The van der Waals surface area contributed by atoms with E-state index in [1.807, 2.05) is 27.7 Å². The van der Waals surface area contributed by atoms with Crippen molar-refractivity contribution in [2.24, 2.45) is 0 Å². The van der Waals surface area contributed by atoms with Crippen LogP contribution in [0.15, 0.2) is 10.5 Å². The van der Waals surface area contributed by atoms with Crippen LogP contribution in [-0.2, 0) is 11.2 Å². The van der Waals surface area contributed by atoms with Gasteiger partial charge in [0.2, 0.25) is 5.88 Å². The van der Waals surface area contributed by atoms with Crippen LogP contribution in [0.1, 0.15) is 33.4 Å². The van der Waals surface area contributed by atoms with E-state index >= 15 is 0 Å². The minimum atomic E-state index is -0.527. The summed E-state index contributed by atoms with van der Waals surface area (Å²) in [7, 11) is 3.12. The minimum absolute atomic E-state index is 0.165. The Labute approximate surface area is 139 Å². The highest BCUT2D eigenvalue weighted by atomic mass is 79.9. The van der Waals surface area contributed by atoms with Crippen molar-refractivity contribution in [2.75, 3.05) is 14.2 Å². The average molecular weight is 375 g/mol. The number of pyridine rings is 1. The molecule has 0 aromatic carbocycles. The zero-order valence-corrected chi connectivity index (χ0v) is 15.4. The summed E-state index contributed by atoms with van der Waals surface area (Å²) in [6.45, 7) is 7.34. The van der Waals surface area contributed by atoms with Gasteiger partial charge in [-0.05, 0) is 43.6 Å². The fraction of sp³-hybridized carbons (Fsp3) is 0.600. The fourth-order valence-electron chi connectivity index (χ4n) is 1.81. The van der Waals surface area contributed by atoms with Gasteiger partial charge >= 0.3 is 6.09 Å². The molecular weight excluding hydrogens is 352 g/mol. The summed E-state index contributed by atoms with van der Waals surface area (Å²) in [5.41, 5.74) is 0.173. The van der Waals surface area contributed by atoms with Gasteiger partial charge in [0.1, 0.15) is 11.4 Å². The topological polar surface area (TPSA) is 69.7 Å². The number of methoxy groups -OCH3 is 2. The van der Waals surface area contributed by atoms with Gasteiger partial charge in [-0.1, -0.05) is 0 Å². The Kier molecular flexibility index (Phi) is 6.47. The van der Waals surface area contributed by atoms with Crippen molar-refractivity contribution in [2.45, 2.75) is 45.8 Å². The van der Waals surface area contributed by atoms with E-state index in [0.717, 1.165) is 0 Å². The fourth-order valence-corrected chi connectivity index (χ4v) is 2.27. The van der Waals surface area contributed by atoms with Gasteiger partial charge in [0.25, 0.3) is 0 Å². The maximum absolute atomic E-state index is 11.8. The Morgan fingerprint density at radius 1 is 1.36 bits per heavy atom. The summed E-state index contributed by atoms with van der Waals surface area (Å²) < 4.78 is 16.5. The van der Waals surface area contributed by atoms with Crippen LogP contribution in [0.25, 0.3) is 0 Å². The van der Waals surface area contributed by atoms with Crippen LogP contribution in [0, 0.1) is 0 Å². The Morgan fingerprint density at radius 2 is 2.00 bits per heavy atom. The Bertz CT molecular complexity index is 529. The molecule has 1 heterocycles. The zero-order valence-electron chi connectivity index (χ0n) is 13.8. The summed E-state index contributed by atoms with van der Waals surface area (Å²) in [6, 6.07) is 1.63. The number of ether oxygens (including phenoxy) is 3. The lowest BCUT2D eigenvalue weighted by molar-refractivity contribution is 0.0508. The van der Waals surface area contributed by atoms with E-state index in [1.165, 1.54) is 0 Å². The van der Waals surface area contributed by atoms with E-state index in [1.54, 1.807) is 20.3 Å². The largest absolute Gasteiger partial charge is 0.495 e. The van der Waals surface area contributed by atoms with E-state index in [-0.39, 0.29) is 6.04 Å². The summed E-state index contributed by atoms with van der Waals surface area (Å²) >= 11 is 3.36. The number of aromatic nitrogens is 1. The normalized spacial score (nSPS) is 12.5. The van der Waals surface area contributed by atoms with Gasteiger partial charge in [-0.25, -0.2) is 9.78 Å². The van der Waals surface area contributed by atoms with E-state index in [0.29, 0.717) is 28.2 Å². The monoisotopic (exact) mass is 374 g/mol. The van der Waals surface area contributed by atoms with Crippen molar-refractivity contribution in [1.29, 1.82) is 0 Å². The number of carbonyl (C=O) groups is 1. The second kappa shape index (κ2) is 7.67. The molecule has 1 unspecified atom stereocenters. The molecule has 0 aliphatic rings. The Hall–Kier alpha value is -1.50. The average Bonchev–Trinajstić information content (AvgIpc) is 2.37. The van der Waals surface area contributed by atoms with Crippen LogP contribution < -0.4 is 14.8 Å². The molecule has 1 rings (SSSR count). The molecule has 6 nitrogen and oxygen atoms in total. The quantitative estimate of drug-likeness (QED) is 0.855. The van der Waals surface area contributed by atoms with E-state index in [4.69, 9.17) is 14.2 Å². The number of amides is 1. The van der Waals surface area contributed by atoms with Crippen molar-refractivity contribution >= 4 is 22.0 Å². The number of hydrogen-bond acceptors (Lipinski definition) is 5. The molecule has 0 fully saturated rings. The molecular formula is C15H23BrN2O4. The van der Waals surface area contributed by atoms with Crippen LogP contribution in [0.5, 0.6) is 11.6 Å². The molecule has 1 N–H and O–H groups in total. The molecule has 124 valence electrons. The highest BCUT2D eigenvalue weighted by molar-refractivity contribution is 9.10. The zero-order chi connectivity index (χ0) is 16.9. The summed E-state index contributed by atoms with van der Waals surface area (Å²) in [6.07, 6.45) is 0.0366. The van der Waals surface area contributed by atoms with E-state index < -0.39 is 11.7 Å². The first-order valence-corrected chi connectivity index (χ1v) is 7.72. The highest BCUT2D eigenvalue weighted by Gasteiger charge is 2.19. The van der Waals surface area contributed by atoms with E-state index in [9.17, 15) is 4.79 Å². The molecule has 7 heteroatoms. The molecule has 0 radical (unpaired) electrons. The van der Waals surface area contributed by atoms with Crippen LogP contribution >= 0.6 is 15.9 Å². The maximum atomic E-state index is 11.8. The Morgan fingerprint density at radius 3 is 2.50 bits per heavy atom. The van der Waals surface area contributed by atoms with Crippen LogP contribution in [0.2, 0.25) is 0 Å². The van der Waals surface area contributed by atoms with Crippen LogP contribution in [0.3, 0.4) is 0 Å². The second-order valence-electron chi connectivity index (χ2n) is 5.88. The predicted octanol–water partition coefficient (Wildman–Crippen LogP) is 3.32. The summed E-state index contributed by atoms with van der Waals surface area (Å²) in [4.78, 5) is 16.2. The molecule has 0 spiro atoms. The summed E-state index contributed by atoms with van der Waals surface area (Å²) in [5, 5.41) is 2.78. The second-order valence-corrected chi connectivity index (χ2v) is 6.73. The van der Waals surface area contributed by atoms with Crippen LogP contribution in [0.4, 0.5) is 4.79 Å². The van der Waals surface area contributed by atoms with Gasteiger partial charge in [0.05, 0.1) is 24.4 Å². The number of rotatable bonds is 5. The van der Waals surface area contributed by atoms with E-state index in [2.05, 4.69) is 26.2 Å². The third kappa shape index (κ3) is 5.71. The number of carbonyl (C=O) groups excluding carboxylic acids is 1. The molecule has 0 saturated heterocycles. The lowest BCUT2D eigenvalue weighted by Gasteiger charge is -2.22. The third-order valence-electron chi connectivity index (χ3n) is 2.66. The molecule has 1 aromatic heterocycles. The number of halogens is 1. The molecule has 1 aromatic rings.